The number of carbonyl (C=O) groups is 1. The summed E-state index contributed by atoms with van der Waals surface area (Å²) >= 11 is 5.92. The molecule has 150 valence electrons. The van der Waals surface area contributed by atoms with E-state index in [4.69, 9.17) is 16.3 Å². The van der Waals surface area contributed by atoms with Gasteiger partial charge in [0.25, 0.3) is 5.91 Å². The summed E-state index contributed by atoms with van der Waals surface area (Å²) in [6, 6.07) is 9.41. The van der Waals surface area contributed by atoms with E-state index in [1.54, 1.807) is 31.4 Å². The van der Waals surface area contributed by atoms with Crippen LogP contribution in [0.15, 0.2) is 36.5 Å². The average Bonchev–Trinajstić information content (AvgIpc) is 2.73. The Bertz CT molecular complexity index is 799. The molecule has 1 saturated carbocycles. The quantitative estimate of drug-likeness (QED) is 0.693. The third-order valence-electron chi connectivity index (χ3n) is 6.04. The topological polar surface area (TPSA) is 51.2 Å². The molecule has 1 aromatic carbocycles. The minimum Gasteiger partial charge on any atom is -0.481 e. The Morgan fingerprint density at radius 2 is 1.89 bits per heavy atom. The summed E-state index contributed by atoms with van der Waals surface area (Å²) in [5.41, 5.74) is 3.16. The standard InChI is InChI=1S/C23H29ClN2O2/c1-4-21(26-22(27)18-9-11-19(24)12-10-18)17-7-5-16(6-8-17)20-13-14-25-23(28-3)15(20)2/h9-14,16-17,21H,4-8H2,1-3H3,(H,26,27)/t16?,17?,21-/m1/s1. The molecule has 28 heavy (non-hydrogen) atoms. The Hall–Kier alpha value is -2.07. The van der Waals surface area contributed by atoms with E-state index < -0.39 is 0 Å². The Morgan fingerprint density at radius 3 is 2.50 bits per heavy atom. The third-order valence-corrected chi connectivity index (χ3v) is 6.29. The van der Waals surface area contributed by atoms with Crippen molar-refractivity contribution in [3.8, 4) is 5.88 Å². The van der Waals surface area contributed by atoms with Crippen LogP contribution in [-0.4, -0.2) is 24.0 Å². The summed E-state index contributed by atoms with van der Waals surface area (Å²) in [5, 5.41) is 3.89. The molecule has 3 rings (SSSR count). The van der Waals surface area contributed by atoms with Crippen LogP contribution in [0.4, 0.5) is 0 Å². The van der Waals surface area contributed by atoms with Crippen molar-refractivity contribution in [1.29, 1.82) is 0 Å². The largest absolute Gasteiger partial charge is 0.481 e. The number of aromatic nitrogens is 1. The van der Waals surface area contributed by atoms with E-state index in [1.807, 2.05) is 6.20 Å². The van der Waals surface area contributed by atoms with Crippen molar-refractivity contribution in [3.05, 3.63) is 58.2 Å². The van der Waals surface area contributed by atoms with Gasteiger partial charge in [0.2, 0.25) is 5.88 Å². The molecule has 0 radical (unpaired) electrons. The number of hydrogen-bond donors (Lipinski definition) is 1. The lowest BCUT2D eigenvalue weighted by Crippen LogP contribution is -2.41. The molecule has 0 bridgehead atoms. The number of nitrogens with one attached hydrogen (secondary N) is 1. The van der Waals surface area contributed by atoms with Crippen molar-refractivity contribution in [1.82, 2.24) is 10.3 Å². The van der Waals surface area contributed by atoms with Crippen LogP contribution in [0, 0.1) is 12.8 Å². The first-order valence-corrected chi connectivity index (χ1v) is 10.5. The highest BCUT2D eigenvalue weighted by molar-refractivity contribution is 6.30. The zero-order chi connectivity index (χ0) is 20.1. The minimum atomic E-state index is -0.0136. The van der Waals surface area contributed by atoms with Gasteiger partial charge in [0.1, 0.15) is 0 Å². The molecule has 1 aliphatic carbocycles. The highest BCUT2D eigenvalue weighted by Crippen LogP contribution is 2.39. The van der Waals surface area contributed by atoms with E-state index >= 15 is 0 Å². The van der Waals surface area contributed by atoms with Crippen molar-refractivity contribution >= 4 is 17.5 Å². The van der Waals surface area contributed by atoms with Crippen LogP contribution in [0.2, 0.25) is 5.02 Å². The number of nitrogens with zero attached hydrogens (tertiary/aromatic N) is 1. The molecule has 0 saturated heterocycles. The Labute approximate surface area is 172 Å². The van der Waals surface area contributed by atoms with Crippen molar-refractivity contribution in [3.63, 3.8) is 0 Å². The van der Waals surface area contributed by atoms with Crippen LogP contribution in [0.25, 0.3) is 0 Å². The molecule has 5 heteroatoms. The maximum absolute atomic E-state index is 12.6. The van der Waals surface area contributed by atoms with Crippen molar-refractivity contribution < 1.29 is 9.53 Å². The third kappa shape index (κ3) is 4.67. The number of pyridine rings is 1. The number of amides is 1. The van der Waals surface area contributed by atoms with E-state index in [1.165, 1.54) is 5.56 Å². The second-order valence-electron chi connectivity index (χ2n) is 7.64. The van der Waals surface area contributed by atoms with Crippen LogP contribution in [0.5, 0.6) is 5.88 Å². The number of rotatable bonds is 6. The summed E-state index contributed by atoms with van der Waals surface area (Å²) in [6.07, 6.45) is 7.28. The molecule has 1 N–H and O–H groups in total. The van der Waals surface area contributed by atoms with Crippen LogP contribution >= 0.6 is 11.6 Å². The van der Waals surface area contributed by atoms with Gasteiger partial charge in [-0.1, -0.05) is 18.5 Å². The molecule has 1 heterocycles. The normalized spacial score (nSPS) is 20.4. The minimum absolute atomic E-state index is 0.0136. The highest BCUT2D eigenvalue weighted by Gasteiger charge is 2.29. The number of methoxy groups -OCH3 is 1. The number of halogens is 1. The van der Waals surface area contributed by atoms with Gasteiger partial charge in [-0.3, -0.25) is 4.79 Å². The van der Waals surface area contributed by atoms with Crippen molar-refractivity contribution in [2.24, 2.45) is 5.92 Å². The van der Waals surface area contributed by atoms with Crippen molar-refractivity contribution in [2.45, 2.75) is 57.9 Å². The molecule has 2 aromatic rings. The van der Waals surface area contributed by atoms with E-state index in [0.29, 0.717) is 22.4 Å². The first kappa shape index (κ1) is 20.7. The maximum Gasteiger partial charge on any atom is 0.251 e. The fraction of sp³-hybridized carbons (Fsp3) is 0.478. The fourth-order valence-corrected chi connectivity index (χ4v) is 4.54. The van der Waals surface area contributed by atoms with Gasteiger partial charge < -0.3 is 10.1 Å². The van der Waals surface area contributed by atoms with E-state index in [9.17, 15) is 4.79 Å². The van der Waals surface area contributed by atoms with E-state index in [-0.39, 0.29) is 11.9 Å². The highest BCUT2D eigenvalue weighted by atomic mass is 35.5. The number of ether oxygens (including phenoxy) is 1. The van der Waals surface area contributed by atoms with Crippen LogP contribution in [0.1, 0.15) is 66.4 Å². The summed E-state index contributed by atoms with van der Waals surface area (Å²) in [5.74, 6) is 1.76. The second kappa shape index (κ2) is 9.42. The van der Waals surface area contributed by atoms with Gasteiger partial charge in [0, 0.05) is 28.4 Å². The lowest BCUT2D eigenvalue weighted by Gasteiger charge is -2.34. The van der Waals surface area contributed by atoms with Gasteiger partial charge in [-0.2, -0.15) is 0 Å². The van der Waals surface area contributed by atoms with Gasteiger partial charge in [0.15, 0.2) is 0 Å². The summed E-state index contributed by atoms with van der Waals surface area (Å²) in [4.78, 5) is 16.9. The van der Waals surface area contributed by atoms with Gasteiger partial charge in [-0.15, -0.1) is 0 Å². The molecule has 1 aliphatic rings. The molecular formula is C23H29ClN2O2. The molecule has 1 amide bonds. The lowest BCUT2D eigenvalue weighted by molar-refractivity contribution is 0.0909. The molecular weight excluding hydrogens is 372 g/mol. The number of hydrogen-bond acceptors (Lipinski definition) is 3. The molecule has 4 nitrogen and oxygen atoms in total. The van der Waals surface area contributed by atoms with E-state index in [0.717, 1.165) is 43.5 Å². The summed E-state index contributed by atoms with van der Waals surface area (Å²) in [7, 11) is 1.67. The van der Waals surface area contributed by atoms with Gasteiger partial charge in [-0.25, -0.2) is 4.98 Å². The summed E-state index contributed by atoms with van der Waals surface area (Å²) < 4.78 is 5.38. The lowest BCUT2D eigenvalue weighted by atomic mass is 9.75. The zero-order valence-corrected chi connectivity index (χ0v) is 17.6. The predicted octanol–water partition coefficient (Wildman–Crippen LogP) is 5.53. The first-order valence-electron chi connectivity index (χ1n) is 10.1. The number of carbonyl (C=O) groups excluding carboxylic acids is 1. The Balaban J connectivity index is 1.61. The zero-order valence-electron chi connectivity index (χ0n) is 16.9. The van der Waals surface area contributed by atoms with Crippen LogP contribution in [0.3, 0.4) is 0 Å². The molecule has 0 aliphatic heterocycles. The molecule has 1 atom stereocenters. The SMILES string of the molecule is CC[C@@H](NC(=O)c1ccc(Cl)cc1)C1CCC(c2ccnc(OC)c2C)CC1. The molecule has 0 unspecified atom stereocenters. The van der Waals surface area contributed by atoms with Gasteiger partial charge >= 0.3 is 0 Å². The maximum atomic E-state index is 12.6. The average molecular weight is 401 g/mol. The Morgan fingerprint density at radius 1 is 1.21 bits per heavy atom. The predicted molar refractivity (Wildman–Crippen MR) is 113 cm³/mol. The smallest absolute Gasteiger partial charge is 0.251 e. The number of benzene rings is 1. The van der Waals surface area contributed by atoms with Crippen LogP contribution in [-0.2, 0) is 0 Å². The Kier molecular flexibility index (Phi) is 6.95. The fourth-order valence-electron chi connectivity index (χ4n) is 4.42. The summed E-state index contributed by atoms with van der Waals surface area (Å²) in [6.45, 7) is 4.24. The molecule has 0 spiro atoms. The molecule has 1 aromatic heterocycles. The molecule has 1 fully saturated rings. The van der Waals surface area contributed by atoms with Gasteiger partial charge in [0.05, 0.1) is 7.11 Å². The van der Waals surface area contributed by atoms with Crippen LogP contribution < -0.4 is 10.1 Å². The van der Waals surface area contributed by atoms with Gasteiger partial charge in [-0.05, 0) is 86.8 Å². The first-order chi connectivity index (χ1) is 13.5. The van der Waals surface area contributed by atoms with E-state index in [2.05, 4.69) is 30.2 Å². The second-order valence-corrected chi connectivity index (χ2v) is 8.08. The monoisotopic (exact) mass is 400 g/mol. The van der Waals surface area contributed by atoms with Crippen molar-refractivity contribution in [2.75, 3.05) is 7.11 Å².